The fraction of sp³-hybridized carbons (Fsp3) is 0.200. The number of rotatable bonds is 4. The molecule has 0 aromatic heterocycles. The van der Waals surface area contributed by atoms with Gasteiger partial charge in [-0.25, -0.2) is 13.6 Å². The molecule has 0 fully saturated rings. The highest BCUT2D eigenvalue weighted by Gasteiger charge is 2.10. The smallest absolute Gasteiger partial charge is 0.312 e. The maximum Gasteiger partial charge on any atom is 0.312 e. The molecule has 4 N–H and O–H groups in total. The van der Waals surface area contributed by atoms with E-state index in [4.69, 9.17) is 11.0 Å². The number of anilines is 1. The second-order valence-corrected chi connectivity index (χ2v) is 3.14. The minimum Gasteiger partial charge on any atom is -0.379 e. The van der Waals surface area contributed by atoms with Crippen LogP contribution in [0, 0.1) is 23.0 Å². The van der Waals surface area contributed by atoms with Crippen molar-refractivity contribution in [2.45, 2.75) is 0 Å². The average molecular weight is 240 g/mol. The lowest BCUT2D eigenvalue weighted by molar-refractivity contribution is 0.249. The third kappa shape index (κ3) is 3.61. The predicted octanol–water partition coefficient (Wildman–Crippen LogP) is 0.917. The van der Waals surface area contributed by atoms with E-state index in [0.717, 1.165) is 12.1 Å². The number of hydrogen-bond acceptors (Lipinski definition) is 3. The molecule has 90 valence electrons. The fourth-order valence-corrected chi connectivity index (χ4v) is 1.18. The molecule has 0 radical (unpaired) electrons. The van der Waals surface area contributed by atoms with Crippen LogP contribution in [0.1, 0.15) is 5.56 Å². The van der Waals surface area contributed by atoms with Crippen molar-refractivity contribution in [3.05, 3.63) is 29.3 Å². The lowest BCUT2D eigenvalue weighted by atomic mass is 10.2. The van der Waals surface area contributed by atoms with Crippen molar-refractivity contribution in [1.29, 1.82) is 5.26 Å². The Morgan fingerprint density at radius 1 is 1.35 bits per heavy atom. The fourth-order valence-electron chi connectivity index (χ4n) is 1.18. The minimum absolute atomic E-state index is 0.0965. The van der Waals surface area contributed by atoms with E-state index in [9.17, 15) is 13.6 Å². The number of benzene rings is 1. The van der Waals surface area contributed by atoms with Crippen LogP contribution in [0.15, 0.2) is 12.1 Å². The molecular weight excluding hydrogens is 230 g/mol. The number of nitrogens with one attached hydrogen (secondary N) is 2. The molecule has 5 nitrogen and oxygen atoms in total. The summed E-state index contributed by atoms with van der Waals surface area (Å²) in [6.07, 6.45) is 0. The van der Waals surface area contributed by atoms with Gasteiger partial charge in [0.15, 0.2) is 11.6 Å². The minimum atomic E-state index is -0.861. The maximum atomic E-state index is 13.3. The third-order valence-electron chi connectivity index (χ3n) is 1.90. The van der Waals surface area contributed by atoms with Crippen LogP contribution in [0.4, 0.5) is 19.3 Å². The molecule has 0 aliphatic heterocycles. The van der Waals surface area contributed by atoms with Crippen LogP contribution in [0.3, 0.4) is 0 Å². The van der Waals surface area contributed by atoms with Crippen LogP contribution in [0.5, 0.6) is 0 Å². The first kappa shape index (κ1) is 12.7. The summed E-state index contributed by atoms with van der Waals surface area (Å²) in [6.45, 7) is 0.247. The van der Waals surface area contributed by atoms with E-state index in [0.29, 0.717) is 0 Å². The molecule has 0 aliphatic carbocycles. The molecule has 1 rings (SSSR count). The van der Waals surface area contributed by atoms with Crippen molar-refractivity contribution in [3.63, 3.8) is 0 Å². The van der Waals surface area contributed by atoms with Crippen molar-refractivity contribution in [2.75, 3.05) is 18.4 Å². The maximum absolute atomic E-state index is 13.3. The molecule has 0 unspecified atom stereocenters. The van der Waals surface area contributed by atoms with Crippen LogP contribution < -0.4 is 16.4 Å². The average Bonchev–Trinajstić information content (AvgIpc) is 2.26. The Labute approximate surface area is 96.2 Å². The molecule has 0 spiro atoms. The van der Waals surface area contributed by atoms with Crippen LogP contribution >= 0.6 is 0 Å². The van der Waals surface area contributed by atoms with E-state index in [1.165, 1.54) is 0 Å². The Hall–Kier alpha value is -2.36. The summed E-state index contributed by atoms with van der Waals surface area (Å²) in [5, 5.41) is 13.2. The van der Waals surface area contributed by atoms with Gasteiger partial charge in [-0.05, 0) is 12.1 Å². The Morgan fingerprint density at radius 3 is 2.41 bits per heavy atom. The van der Waals surface area contributed by atoms with Crippen LogP contribution in [-0.2, 0) is 0 Å². The molecule has 0 saturated heterocycles. The molecule has 7 heteroatoms. The number of nitriles is 1. The second kappa shape index (κ2) is 5.65. The number of primary amides is 1. The lowest BCUT2D eigenvalue weighted by Gasteiger charge is -2.09. The number of carbonyl (C=O) groups excluding carboxylic acids is 1. The van der Waals surface area contributed by atoms with Gasteiger partial charge in [-0.15, -0.1) is 0 Å². The largest absolute Gasteiger partial charge is 0.379 e. The molecular formula is C10H10F2N4O. The van der Waals surface area contributed by atoms with Gasteiger partial charge in [0.05, 0.1) is 11.6 Å². The lowest BCUT2D eigenvalue weighted by Crippen LogP contribution is -2.33. The van der Waals surface area contributed by atoms with Gasteiger partial charge in [0, 0.05) is 13.1 Å². The van der Waals surface area contributed by atoms with Crippen LogP contribution in [0.25, 0.3) is 0 Å². The number of hydrogen-bond donors (Lipinski definition) is 3. The number of nitrogens with zero attached hydrogens (tertiary/aromatic N) is 1. The first-order chi connectivity index (χ1) is 8.04. The normalized spacial score (nSPS) is 9.47. The van der Waals surface area contributed by atoms with Gasteiger partial charge in [-0.3, -0.25) is 0 Å². The molecule has 2 amide bonds. The summed E-state index contributed by atoms with van der Waals surface area (Å²) in [4.78, 5) is 10.3. The van der Waals surface area contributed by atoms with Gasteiger partial charge >= 0.3 is 6.03 Å². The molecule has 0 atom stereocenters. The Kier molecular flexibility index (Phi) is 4.22. The van der Waals surface area contributed by atoms with Crippen molar-refractivity contribution in [1.82, 2.24) is 5.32 Å². The van der Waals surface area contributed by atoms with Crippen LogP contribution in [-0.4, -0.2) is 19.1 Å². The van der Waals surface area contributed by atoms with Crippen molar-refractivity contribution in [2.24, 2.45) is 5.73 Å². The Bertz CT molecular complexity index is 447. The van der Waals surface area contributed by atoms with E-state index in [-0.39, 0.29) is 24.3 Å². The third-order valence-corrected chi connectivity index (χ3v) is 1.90. The monoisotopic (exact) mass is 240 g/mol. The summed E-state index contributed by atoms with van der Waals surface area (Å²) in [6, 6.07) is 2.77. The highest BCUT2D eigenvalue weighted by Crippen LogP contribution is 2.19. The molecule has 17 heavy (non-hydrogen) atoms. The van der Waals surface area contributed by atoms with Gasteiger partial charge in [0.25, 0.3) is 0 Å². The first-order valence-corrected chi connectivity index (χ1v) is 4.71. The van der Waals surface area contributed by atoms with Crippen LogP contribution in [0.2, 0.25) is 0 Å². The molecule has 0 saturated carbocycles. The standard InChI is InChI=1S/C10H10F2N4O/c11-7-3-6(5-13)4-8(12)9(7)15-1-2-16-10(14)17/h3-4,15H,1-2H2,(H3,14,16,17). The van der Waals surface area contributed by atoms with Gasteiger partial charge in [0.2, 0.25) is 0 Å². The Morgan fingerprint density at radius 2 is 1.94 bits per heavy atom. The number of urea groups is 1. The quantitative estimate of drug-likeness (QED) is 0.683. The number of halogens is 2. The van der Waals surface area contributed by atoms with E-state index in [1.54, 1.807) is 6.07 Å². The zero-order chi connectivity index (χ0) is 12.8. The summed E-state index contributed by atoms with van der Waals surface area (Å²) in [5.41, 5.74) is 4.37. The number of amides is 2. The number of carbonyl (C=O) groups is 1. The van der Waals surface area contributed by atoms with Crippen molar-refractivity contribution < 1.29 is 13.6 Å². The zero-order valence-corrected chi connectivity index (χ0v) is 8.76. The second-order valence-electron chi connectivity index (χ2n) is 3.14. The van der Waals surface area contributed by atoms with Crippen molar-refractivity contribution >= 4 is 11.7 Å². The van der Waals surface area contributed by atoms with Gasteiger partial charge in [-0.2, -0.15) is 5.26 Å². The van der Waals surface area contributed by atoms with E-state index < -0.39 is 17.7 Å². The predicted molar refractivity (Wildman–Crippen MR) is 57.1 cm³/mol. The van der Waals surface area contributed by atoms with Gasteiger partial charge < -0.3 is 16.4 Å². The molecule has 1 aromatic rings. The van der Waals surface area contributed by atoms with Crippen molar-refractivity contribution in [3.8, 4) is 6.07 Å². The number of nitrogens with two attached hydrogens (primary N) is 1. The van der Waals surface area contributed by atoms with E-state index >= 15 is 0 Å². The summed E-state index contributed by atoms with van der Waals surface area (Å²) in [5.74, 6) is -1.72. The highest BCUT2D eigenvalue weighted by molar-refractivity contribution is 5.71. The van der Waals surface area contributed by atoms with E-state index in [1.807, 2.05) is 0 Å². The molecule has 0 aliphatic rings. The summed E-state index contributed by atoms with van der Waals surface area (Å²) < 4.78 is 26.6. The highest BCUT2D eigenvalue weighted by atomic mass is 19.1. The van der Waals surface area contributed by atoms with Gasteiger partial charge in [-0.1, -0.05) is 0 Å². The molecule has 0 bridgehead atoms. The first-order valence-electron chi connectivity index (χ1n) is 4.71. The Balaban J connectivity index is 2.66. The SMILES string of the molecule is N#Cc1cc(F)c(NCCNC(N)=O)c(F)c1. The van der Waals surface area contributed by atoms with Gasteiger partial charge in [0.1, 0.15) is 5.69 Å². The molecule has 1 aromatic carbocycles. The topological polar surface area (TPSA) is 90.9 Å². The summed E-state index contributed by atoms with van der Waals surface area (Å²) >= 11 is 0. The zero-order valence-electron chi connectivity index (χ0n) is 8.76. The summed E-state index contributed by atoms with van der Waals surface area (Å²) in [7, 11) is 0. The molecule has 0 heterocycles. The van der Waals surface area contributed by atoms with E-state index in [2.05, 4.69) is 10.6 Å².